The molecule has 78 valence electrons. The maximum atomic E-state index is 4.26. The summed E-state index contributed by atoms with van der Waals surface area (Å²) in [5.41, 5.74) is 1.24. The molecule has 15 heavy (non-hydrogen) atoms. The minimum atomic E-state index is 0.799. The Morgan fingerprint density at radius 3 is 2.53 bits per heavy atom. The van der Waals surface area contributed by atoms with E-state index in [9.17, 15) is 0 Å². The van der Waals surface area contributed by atoms with Crippen molar-refractivity contribution in [2.24, 2.45) is 0 Å². The van der Waals surface area contributed by atoms with Crippen LogP contribution in [0.5, 0.6) is 0 Å². The fraction of sp³-hybridized carbons (Fsp3) is 0.100. The standard InChI is InChI=1S/C10H8Br2N2S/c11-8-3-1-7(2-4-8)5-13-10-14-9(12)6-15-10/h1-4,6H,5H2,(H,13,14). The Morgan fingerprint density at radius 2 is 1.93 bits per heavy atom. The van der Waals surface area contributed by atoms with E-state index in [0.717, 1.165) is 20.8 Å². The topological polar surface area (TPSA) is 24.9 Å². The first-order chi connectivity index (χ1) is 7.24. The van der Waals surface area contributed by atoms with Crippen molar-refractivity contribution in [3.8, 4) is 0 Å². The molecule has 0 spiro atoms. The molecule has 0 fully saturated rings. The summed E-state index contributed by atoms with van der Waals surface area (Å²) in [6.45, 7) is 0.799. The number of rotatable bonds is 3. The maximum Gasteiger partial charge on any atom is 0.184 e. The molecule has 1 heterocycles. The molecule has 0 radical (unpaired) electrons. The lowest BCUT2D eigenvalue weighted by Crippen LogP contribution is -1.98. The van der Waals surface area contributed by atoms with Gasteiger partial charge in [0.1, 0.15) is 4.60 Å². The van der Waals surface area contributed by atoms with E-state index < -0.39 is 0 Å². The number of halogens is 2. The highest BCUT2D eigenvalue weighted by Crippen LogP contribution is 2.20. The summed E-state index contributed by atoms with van der Waals surface area (Å²) in [5.74, 6) is 0. The van der Waals surface area contributed by atoms with Gasteiger partial charge in [0.15, 0.2) is 5.13 Å². The smallest absolute Gasteiger partial charge is 0.184 e. The zero-order chi connectivity index (χ0) is 10.7. The second kappa shape index (κ2) is 5.09. The van der Waals surface area contributed by atoms with E-state index >= 15 is 0 Å². The summed E-state index contributed by atoms with van der Waals surface area (Å²) in [6, 6.07) is 8.24. The van der Waals surface area contributed by atoms with E-state index in [4.69, 9.17) is 0 Å². The quantitative estimate of drug-likeness (QED) is 0.896. The number of benzene rings is 1. The van der Waals surface area contributed by atoms with Gasteiger partial charge in [-0.15, -0.1) is 11.3 Å². The first kappa shape index (κ1) is 11.1. The Hall–Kier alpha value is -0.390. The molecule has 0 unspecified atom stereocenters. The molecule has 0 saturated heterocycles. The molecule has 1 N–H and O–H groups in total. The zero-order valence-electron chi connectivity index (χ0n) is 7.71. The van der Waals surface area contributed by atoms with E-state index in [2.05, 4.69) is 54.3 Å². The van der Waals surface area contributed by atoms with Gasteiger partial charge in [0.05, 0.1) is 0 Å². The first-order valence-electron chi connectivity index (χ1n) is 4.33. The van der Waals surface area contributed by atoms with Crippen LogP contribution in [0.3, 0.4) is 0 Å². The van der Waals surface area contributed by atoms with Gasteiger partial charge in [0, 0.05) is 16.4 Å². The number of anilines is 1. The van der Waals surface area contributed by atoms with E-state index in [1.807, 2.05) is 17.5 Å². The van der Waals surface area contributed by atoms with E-state index in [1.54, 1.807) is 11.3 Å². The number of hydrogen-bond acceptors (Lipinski definition) is 3. The van der Waals surface area contributed by atoms with Crippen LogP contribution in [0.15, 0.2) is 38.7 Å². The molecule has 5 heteroatoms. The Bertz CT molecular complexity index is 439. The molecule has 2 nitrogen and oxygen atoms in total. The van der Waals surface area contributed by atoms with Crippen molar-refractivity contribution < 1.29 is 0 Å². The van der Waals surface area contributed by atoms with Crippen LogP contribution in [0.25, 0.3) is 0 Å². The molecule has 0 atom stereocenters. The van der Waals surface area contributed by atoms with Crippen molar-refractivity contribution in [3.05, 3.63) is 44.3 Å². The molecule has 0 aliphatic carbocycles. The summed E-state index contributed by atoms with van der Waals surface area (Å²) in [4.78, 5) is 4.26. The molecule has 0 amide bonds. The van der Waals surface area contributed by atoms with Gasteiger partial charge in [0.2, 0.25) is 0 Å². The Balaban J connectivity index is 1.96. The second-order valence-electron chi connectivity index (χ2n) is 2.96. The van der Waals surface area contributed by atoms with Gasteiger partial charge in [-0.3, -0.25) is 0 Å². The first-order valence-corrected chi connectivity index (χ1v) is 6.80. The minimum Gasteiger partial charge on any atom is -0.357 e. The van der Waals surface area contributed by atoms with Crippen LogP contribution in [0.2, 0.25) is 0 Å². The number of aromatic nitrogens is 1. The number of hydrogen-bond donors (Lipinski definition) is 1. The van der Waals surface area contributed by atoms with Gasteiger partial charge >= 0.3 is 0 Å². The minimum absolute atomic E-state index is 0.799. The van der Waals surface area contributed by atoms with Crippen molar-refractivity contribution in [1.82, 2.24) is 4.98 Å². The van der Waals surface area contributed by atoms with Crippen LogP contribution in [-0.4, -0.2) is 4.98 Å². The molecule has 0 saturated carbocycles. The maximum absolute atomic E-state index is 4.26. The van der Waals surface area contributed by atoms with Crippen molar-refractivity contribution >= 4 is 48.3 Å². The molecule has 1 aromatic heterocycles. The normalized spacial score (nSPS) is 10.3. The van der Waals surface area contributed by atoms with Crippen molar-refractivity contribution in [2.75, 3.05) is 5.32 Å². The fourth-order valence-corrected chi connectivity index (χ4v) is 2.52. The average molecular weight is 348 g/mol. The Labute approximate surface area is 109 Å². The third-order valence-corrected chi connectivity index (χ3v) is 3.87. The molecule has 0 aliphatic heterocycles. The number of nitrogens with one attached hydrogen (secondary N) is 1. The van der Waals surface area contributed by atoms with Crippen molar-refractivity contribution in [2.45, 2.75) is 6.54 Å². The molecule has 0 bridgehead atoms. The van der Waals surface area contributed by atoms with Crippen LogP contribution in [0.1, 0.15) is 5.56 Å². The van der Waals surface area contributed by atoms with Gasteiger partial charge < -0.3 is 5.32 Å². The lowest BCUT2D eigenvalue weighted by Gasteiger charge is -2.02. The van der Waals surface area contributed by atoms with Crippen molar-refractivity contribution in [3.63, 3.8) is 0 Å². The lowest BCUT2D eigenvalue weighted by atomic mass is 10.2. The predicted molar refractivity (Wildman–Crippen MR) is 71.3 cm³/mol. The van der Waals surface area contributed by atoms with Crippen LogP contribution >= 0.6 is 43.2 Å². The van der Waals surface area contributed by atoms with Crippen LogP contribution < -0.4 is 5.32 Å². The average Bonchev–Trinajstić information content (AvgIpc) is 2.64. The highest BCUT2D eigenvalue weighted by atomic mass is 79.9. The lowest BCUT2D eigenvalue weighted by molar-refractivity contribution is 1.13. The van der Waals surface area contributed by atoms with Gasteiger partial charge in [-0.25, -0.2) is 4.98 Å². The molecule has 2 aromatic rings. The van der Waals surface area contributed by atoms with Crippen LogP contribution in [0.4, 0.5) is 5.13 Å². The summed E-state index contributed by atoms with van der Waals surface area (Å²) < 4.78 is 1.98. The van der Waals surface area contributed by atoms with Gasteiger partial charge in [-0.1, -0.05) is 28.1 Å². The third kappa shape index (κ3) is 3.29. The largest absolute Gasteiger partial charge is 0.357 e. The van der Waals surface area contributed by atoms with E-state index in [1.165, 1.54) is 5.56 Å². The highest BCUT2D eigenvalue weighted by Gasteiger charge is 1.98. The van der Waals surface area contributed by atoms with Crippen LogP contribution in [-0.2, 0) is 6.54 Å². The zero-order valence-corrected chi connectivity index (χ0v) is 11.7. The van der Waals surface area contributed by atoms with E-state index in [-0.39, 0.29) is 0 Å². The number of thiazole rings is 1. The molecule has 0 aliphatic rings. The molecular formula is C10H8Br2N2S. The number of nitrogens with zero attached hydrogens (tertiary/aromatic N) is 1. The summed E-state index contributed by atoms with van der Waals surface area (Å²) in [7, 11) is 0. The van der Waals surface area contributed by atoms with Gasteiger partial charge in [0.25, 0.3) is 0 Å². The Morgan fingerprint density at radius 1 is 1.20 bits per heavy atom. The van der Waals surface area contributed by atoms with Crippen LogP contribution in [0, 0.1) is 0 Å². The van der Waals surface area contributed by atoms with Gasteiger partial charge in [-0.05, 0) is 33.6 Å². The summed E-state index contributed by atoms with van der Waals surface area (Å²) >= 11 is 8.32. The molecular weight excluding hydrogens is 340 g/mol. The predicted octanol–water partition coefficient (Wildman–Crippen LogP) is 4.28. The second-order valence-corrected chi connectivity index (χ2v) is 5.54. The molecule has 2 rings (SSSR count). The monoisotopic (exact) mass is 346 g/mol. The molecule has 1 aromatic carbocycles. The summed E-state index contributed by atoms with van der Waals surface area (Å²) in [5, 5.41) is 6.16. The summed E-state index contributed by atoms with van der Waals surface area (Å²) in [6.07, 6.45) is 0. The third-order valence-electron chi connectivity index (χ3n) is 1.83. The fourth-order valence-electron chi connectivity index (χ4n) is 1.12. The van der Waals surface area contributed by atoms with E-state index in [0.29, 0.717) is 0 Å². The van der Waals surface area contributed by atoms with Gasteiger partial charge in [-0.2, -0.15) is 0 Å². The Kier molecular flexibility index (Phi) is 3.77. The highest BCUT2D eigenvalue weighted by molar-refractivity contribution is 9.10. The van der Waals surface area contributed by atoms with Crippen molar-refractivity contribution in [1.29, 1.82) is 0 Å². The SMILES string of the molecule is Brc1ccc(CNc2nc(Br)cs2)cc1.